The van der Waals surface area contributed by atoms with E-state index in [0.29, 0.717) is 11.5 Å². The molecule has 0 aliphatic heterocycles. The zero-order valence-electron chi connectivity index (χ0n) is 25.5. The summed E-state index contributed by atoms with van der Waals surface area (Å²) in [5.41, 5.74) is 0. The Morgan fingerprint density at radius 1 is 0.333 bits per heavy atom. The van der Waals surface area contributed by atoms with E-state index in [9.17, 15) is 9.59 Å². The highest BCUT2D eigenvalue weighted by Gasteiger charge is 2.19. The zero-order valence-corrected chi connectivity index (χ0v) is 25.5. The van der Waals surface area contributed by atoms with E-state index in [2.05, 4.69) is 97.1 Å². The van der Waals surface area contributed by atoms with Gasteiger partial charge < -0.3 is 9.47 Å². The largest absolute Gasteiger partial charge is 0.423 e. The number of rotatable bonds is 4. The van der Waals surface area contributed by atoms with Crippen molar-refractivity contribution in [2.45, 2.75) is 0 Å². The van der Waals surface area contributed by atoms with Gasteiger partial charge in [0.2, 0.25) is 0 Å². The molecule has 0 atom stereocenters. The smallest absolute Gasteiger partial charge is 0.336 e. The molecule has 0 aromatic heterocycles. The molecule has 4 heteroatoms. The second-order valence-corrected chi connectivity index (χ2v) is 12.3. The van der Waals surface area contributed by atoms with Gasteiger partial charge in [-0.1, -0.05) is 121 Å². The van der Waals surface area contributed by atoms with Gasteiger partial charge in [-0.15, -0.1) is 0 Å². The number of hydrogen-bond donors (Lipinski definition) is 0. The van der Waals surface area contributed by atoms with Crippen molar-refractivity contribution >= 4 is 98.1 Å². The molecule has 10 rings (SSSR count). The molecule has 0 saturated heterocycles. The Bertz CT molecular complexity index is 2770. The Hall–Kier alpha value is -6.52. The van der Waals surface area contributed by atoms with Crippen LogP contribution in [0.25, 0.3) is 86.2 Å². The molecule has 0 aliphatic rings. The Morgan fingerprint density at radius 2 is 0.646 bits per heavy atom. The number of benzene rings is 10. The van der Waals surface area contributed by atoms with Crippen LogP contribution in [0.15, 0.2) is 146 Å². The molecule has 0 aliphatic carbocycles. The first-order chi connectivity index (χ1) is 23.6. The Labute approximate surface area is 273 Å². The zero-order chi connectivity index (χ0) is 31.9. The number of carbonyl (C=O) groups excluding carboxylic acids is 2. The first-order valence-electron chi connectivity index (χ1n) is 15.9. The summed E-state index contributed by atoms with van der Waals surface area (Å²) < 4.78 is 11.9. The summed E-state index contributed by atoms with van der Waals surface area (Å²) in [5.74, 6) is -0.435. The molecule has 48 heavy (non-hydrogen) atoms. The van der Waals surface area contributed by atoms with E-state index < -0.39 is 11.9 Å². The van der Waals surface area contributed by atoms with Gasteiger partial charge in [0, 0.05) is 33.7 Å². The number of hydrogen-bond acceptors (Lipinski definition) is 4. The van der Waals surface area contributed by atoms with Crippen molar-refractivity contribution in [1.29, 1.82) is 0 Å². The fourth-order valence-corrected chi connectivity index (χ4v) is 7.84. The van der Waals surface area contributed by atoms with E-state index in [1.807, 2.05) is 36.4 Å². The van der Waals surface area contributed by atoms with Crippen LogP contribution in [0.5, 0.6) is 11.5 Å². The molecule has 0 N–H and O–H groups in total. The molecule has 224 valence electrons. The summed E-state index contributed by atoms with van der Waals surface area (Å²) in [6.07, 6.45) is 2.27. The van der Waals surface area contributed by atoms with Crippen LogP contribution < -0.4 is 9.47 Å². The first-order valence-corrected chi connectivity index (χ1v) is 15.9. The predicted octanol–water partition coefficient (Wildman–Crippen LogP) is 10.9. The topological polar surface area (TPSA) is 52.6 Å². The summed E-state index contributed by atoms with van der Waals surface area (Å²) in [5, 5.41) is 17.0. The van der Waals surface area contributed by atoms with Crippen LogP contribution >= 0.6 is 0 Å². The fraction of sp³-hybridized carbons (Fsp3) is 0. The van der Waals surface area contributed by atoms with Gasteiger partial charge in [0.05, 0.1) is 0 Å². The summed E-state index contributed by atoms with van der Waals surface area (Å²) in [6.45, 7) is 0. The molecule has 0 spiro atoms. The second-order valence-electron chi connectivity index (χ2n) is 12.3. The second kappa shape index (κ2) is 9.99. The van der Waals surface area contributed by atoms with Crippen LogP contribution in [0.3, 0.4) is 0 Å². The highest BCUT2D eigenvalue weighted by Crippen LogP contribution is 2.45. The molecule has 0 radical (unpaired) electrons. The minimum atomic E-state index is -0.660. The van der Waals surface area contributed by atoms with Crippen molar-refractivity contribution in [3.63, 3.8) is 0 Å². The van der Waals surface area contributed by atoms with Crippen LogP contribution in [0.2, 0.25) is 0 Å². The van der Waals surface area contributed by atoms with Crippen LogP contribution in [0, 0.1) is 0 Å². The normalized spacial score (nSPS) is 12.2. The number of fused-ring (bicyclic) bond motifs is 4. The molecule has 0 saturated carbocycles. The van der Waals surface area contributed by atoms with Crippen molar-refractivity contribution in [2.75, 3.05) is 0 Å². The molecule has 10 aromatic carbocycles. The third-order valence-electron chi connectivity index (χ3n) is 9.72. The van der Waals surface area contributed by atoms with E-state index in [4.69, 9.17) is 9.47 Å². The number of esters is 2. The quantitative estimate of drug-likeness (QED) is 0.0649. The standard InChI is InChI=1S/C44H24O4/c45-37(47-35-21-19-27-11-3-15-31-29-13-1-7-25-9-5-17-33(39(25)29)43(35)41(27)31)23-24-38(46)48-36-22-20-28-12-4-16-32-30-14-2-8-26-10-6-18-34(40(26)30)44(36)42(28)32/h1-24H/b24-23-. The summed E-state index contributed by atoms with van der Waals surface area (Å²) in [6, 6.07) is 45.1. The molecule has 0 bridgehead atoms. The summed E-state index contributed by atoms with van der Waals surface area (Å²) in [4.78, 5) is 26.5. The summed E-state index contributed by atoms with van der Waals surface area (Å²) in [7, 11) is 0. The van der Waals surface area contributed by atoms with Crippen LogP contribution in [0.4, 0.5) is 0 Å². The van der Waals surface area contributed by atoms with Crippen LogP contribution in [-0.2, 0) is 9.59 Å². The SMILES string of the molecule is O=C(/C=C\C(=O)Oc1ccc2cccc3c4cccc5cccc(c1c23)c54)Oc1ccc2cccc3c4cccc5cccc(c1c23)c54. The highest BCUT2D eigenvalue weighted by atomic mass is 16.5. The third kappa shape index (κ3) is 3.77. The molecule has 0 heterocycles. The van der Waals surface area contributed by atoms with E-state index in [1.54, 1.807) is 0 Å². The minimum Gasteiger partial charge on any atom is -0.423 e. The lowest BCUT2D eigenvalue weighted by atomic mass is 9.89. The van der Waals surface area contributed by atoms with Crippen molar-refractivity contribution in [2.24, 2.45) is 0 Å². The van der Waals surface area contributed by atoms with Gasteiger partial charge in [-0.2, -0.15) is 0 Å². The molecule has 0 unspecified atom stereocenters. The maximum absolute atomic E-state index is 13.3. The van der Waals surface area contributed by atoms with Crippen LogP contribution in [-0.4, -0.2) is 11.9 Å². The fourth-order valence-electron chi connectivity index (χ4n) is 7.84. The summed E-state index contributed by atoms with van der Waals surface area (Å²) >= 11 is 0. The lowest BCUT2D eigenvalue weighted by Gasteiger charge is -2.16. The minimum absolute atomic E-state index is 0.443. The maximum Gasteiger partial charge on any atom is 0.336 e. The van der Waals surface area contributed by atoms with Gasteiger partial charge in [-0.05, 0) is 76.8 Å². The number of ether oxygens (including phenoxy) is 2. The lowest BCUT2D eigenvalue weighted by molar-refractivity contribution is -0.131. The van der Waals surface area contributed by atoms with Gasteiger partial charge in [0.15, 0.2) is 0 Å². The van der Waals surface area contributed by atoms with E-state index in [0.717, 1.165) is 98.3 Å². The predicted molar refractivity (Wildman–Crippen MR) is 196 cm³/mol. The van der Waals surface area contributed by atoms with E-state index in [1.165, 1.54) is 0 Å². The molecule has 0 fully saturated rings. The van der Waals surface area contributed by atoms with Gasteiger partial charge in [0.1, 0.15) is 11.5 Å². The maximum atomic E-state index is 13.3. The average molecular weight is 617 g/mol. The highest BCUT2D eigenvalue weighted by molar-refractivity contribution is 6.35. The van der Waals surface area contributed by atoms with Gasteiger partial charge >= 0.3 is 11.9 Å². The Kier molecular flexibility index (Phi) is 5.55. The molecule has 10 aromatic rings. The van der Waals surface area contributed by atoms with Crippen molar-refractivity contribution < 1.29 is 19.1 Å². The molecular formula is C44H24O4. The molecule has 4 nitrogen and oxygen atoms in total. The first kappa shape index (κ1) is 26.7. The van der Waals surface area contributed by atoms with Crippen molar-refractivity contribution in [3.8, 4) is 11.5 Å². The van der Waals surface area contributed by atoms with Gasteiger partial charge in [0.25, 0.3) is 0 Å². The molecular weight excluding hydrogens is 592 g/mol. The van der Waals surface area contributed by atoms with E-state index in [-0.39, 0.29) is 0 Å². The van der Waals surface area contributed by atoms with Crippen LogP contribution in [0.1, 0.15) is 0 Å². The Morgan fingerprint density at radius 3 is 1.02 bits per heavy atom. The number of carbonyl (C=O) groups is 2. The Balaban J connectivity index is 1.03. The third-order valence-corrected chi connectivity index (χ3v) is 9.72. The van der Waals surface area contributed by atoms with Gasteiger partial charge in [-0.25, -0.2) is 9.59 Å². The van der Waals surface area contributed by atoms with Crippen molar-refractivity contribution in [3.05, 3.63) is 146 Å². The van der Waals surface area contributed by atoms with Crippen molar-refractivity contribution in [1.82, 2.24) is 0 Å². The molecule has 0 amide bonds. The van der Waals surface area contributed by atoms with Gasteiger partial charge in [-0.3, -0.25) is 0 Å². The monoisotopic (exact) mass is 616 g/mol. The lowest BCUT2D eigenvalue weighted by Crippen LogP contribution is -2.09. The van der Waals surface area contributed by atoms with E-state index >= 15 is 0 Å². The average Bonchev–Trinajstić information content (AvgIpc) is 3.12.